The van der Waals surface area contributed by atoms with Crippen molar-refractivity contribution in [3.8, 4) is 0 Å². The highest BCUT2D eigenvalue weighted by atomic mass is 32.1. The van der Waals surface area contributed by atoms with Gasteiger partial charge in [0, 0.05) is 17.3 Å². The average Bonchev–Trinajstić information content (AvgIpc) is 2.99. The van der Waals surface area contributed by atoms with Gasteiger partial charge in [0.1, 0.15) is 10.8 Å². The molecule has 16 heavy (non-hydrogen) atoms. The fourth-order valence-electron chi connectivity index (χ4n) is 1.78. The number of anilines is 1. The molecule has 1 aliphatic rings. The van der Waals surface area contributed by atoms with E-state index in [0.717, 1.165) is 11.6 Å². The third kappa shape index (κ3) is 2.50. The Morgan fingerprint density at radius 1 is 1.56 bits per heavy atom. The quantitative estimate of drug-likeness (QED) is 0.792. The summed E-state index contributed by atoms with van der Waals surface area (Å²) in [5.41, 5.74) is 6.49. The molecular formula is C12H15FN2S. The zero-order chi connectivity index (χ0) is 11.7. The molecule has 4 heteroatoms. The first-order chi connectivity index (χ1) is 7.58. The normalized spacial score (nSPS) is 16.9. The molecule has 0 bridgehead atoms. The van der Waals surface area contributed by atoms with Crippen molar-refractivity contribution in [1.82, 2.24) is 0 Å². The maximum Gasteiger partial charge on any atom is 0.135 e. The monoisotopic (exact) mass is 238 g/mol. The van der Waals surface area contributed by atoms with Gasteiger partial charge >= 0.3 is 0 Å². The van der Waals surface area contributed by atoms with Crippen molar-refractivity contribution in [3.05, 3.63) is 29.6 Å². The summed E-state index contributed by atoms with van der Waals surface area (Å²) in [5.74, 6) is 0.374. The number of nitrogens with one attached hydrogen (secondary N) is 1. The lowest BCUT2D eigenvalue weighted by atomic mass is 10.1. The van der Waals surface area contributed by atoms with Crippen LogP contribution in [0.15, 0.2) is 18.2 Å². The van der Waals surface area contributed by atoms with Gasteiger partial charge in [-0.1, -0.05) is 12.2 Å². The molecule has 1 fully saturated rings. The molecule has 1 aromatic rings. The predicted octanol–water partition coefficient (Wildman–Crippen LogP) is 2.67. The molecule has 0 heterocycles. The maximum atomic E-state index is 13.6. The Labute approximate surface area is 100 Å². The van der Waals surface area contributed by atoms with Crippen LogP contribution in [0.4, 0.5) is 10.1 Å². The van der Waals surface area contributed by atoms with Crippen LogP contribution in [-0.4, -0.2) is 11.0 Å². The minimum atomic E-state index is -0.361. The number of halogens is 1. The van der Waals surface area contributed by atoms with E-state index in [2.05, 4.69) is 12.2 Å². The number of nitrogens with two attached hydrogens (primary N) is 1. The summed E-state index contributed by atoms with van der Waals surface area (Å²) in [6.07, 6.45) is 2.53. The van der Waals surface area contributed by atoms with Gasteiger partial charge in [-0.25, -0.2) is 4.39 Å². The molecule has 1 aliphatic carbocycles. The van der Waals surface area contributed by atoms with Gasteiger partial charge in [0.15, 0.2) is 0 Å². The van der Waals surface area contributed by atoms with E-state index in [1.165, 1.54) is 18.9 Å². The summed E-state index contributed by atoms with van der Waals surface area (Å²) in [4.78, 5) is 0.0966. The predicted molar refractivity (Wildman–Crippen MR) is 68.1 cm³/mol. The van der Waals surface area contributed by atoms with Gasteiger partial charge in [0.05, 0.1) is 0 Å². The van der Waals surface area contributed by atoms with Crippen molar-refractivity contribution in [3.63, 3.8) is 0 Å². The molecule has 1 saturated carbocycles. The molecule has 86 valence electrons. The minimum Gasteiger partial charge on any atom is -0.389 e. The minimum absolute atomic E-state index is 0.0966. The third-order valence-corrected chi connectivity index (χ3v) is 3.18. The molecule has 1 unspecified atom stereocenters. The Bertz CT molecular complexity index is 415. The van der Waals surface area contributed by atoms with E-state index in [4.69, 9.17) is 18.0 Å². The summed E-state index contributed by atoms with van der Waals surface area (Å²) in [7, 11) is 0. The van der Waals surface area contributed by atoms with Crippen LogP contribution in [0.5, 0.6) is 0 Å². The molecule has 0 amide bonds. The second kappa shape index (κ2) is 4.37. The van der Waals surface area contributed by atoms with Crippen molar-refractivity contribution in [1.29, 1.82) is 0 Å². The lowest BCUT2D eigenvalue weighted by Crippen LogP contribution is -2.18. The van der Waals surface area contributed by atoms with Gasteiger partial charge < -0.3 is 11.1 Å². The first-order valence-corrected chi connectivity index (χ1v) is 5.84. The number of thiocarbonyl (C=S) groups is 1. The van der Waals surface area contributed by atoms with Crippen molar-refractivity contribution < 1.29 is 4.39 Å². The average molecular weight is 238 g/mol. The summed E-state index contributed by atoms with van der Waals surface area (Å²) >= 11 is 4.75. The van der Waals surface area contributed by atoms with Gasteiger partial charge in [-0.3, -0.25) is 0 Å². The van der Waals surface area contributed by atoms with E-state index in [9.17, 15) is 4.39 Å². The topological polar surface area (TPSA) is 38.0 Å². The number of hydrogen-bond acceptors (Lipinski definition) is 2. The summed E-state index contributed by atoms with van der Waals surface area (Å²) < 4.78 is 13.6. The fraction of sp³-hybridized carbons (Fsp3) is 0.417. The van der Waals surface area contributed by atoms with E-state index < -0.39 is 0 Å². The summed E-state index contributed by atoms with van der Waals surface area (Å²) in [5, 5.41) is 3.29. The van der Waals surface area contributed by atoms with Crippen LogP contribution >= 0.6 is 12.2 Å². The number of hydrogen-bond donors (Lipinski definition) is 2. The van der Waals surface area contributed by atoms with Crippen LogP contribution in [-0.2, 0) is 0 Å². The maximum absolute atomic E-state index is 13.6. The molecular weight excluding hydrogens is 223 g/mol. The highest BCUT2D eigenvalue weighted by Crippen LogP contribution is 2.34. The van der Waals surface area contributed by atoms with Crippen LogP contribution < -0.4 is 11.1 Å². The molecule has 0 saturated heterocycles. The Morgan fingerprint density at radius 2 is 2.25 bits per heavy atom. The van der Waals surface area contributed by atoms with Gasteiger partial charge in [0.25, 0.3) is 0 Å². The third-order valence-electron chi connectivity index (χ3n) is 2.96. The van der Waals surface area contributed by atoms with Crippen molar-refractivity contribution in [2.75, 3.05) is 5.32 Å². The van der Waals surface area contributed by atoms with E-state index in [1.807, 2.05) is 6.07 Å². The highest BCUT2D eigenvalue weighted by Gasteiger charge is 2.27. The SMILES string of the molecule is CC(Nc1ccc(C(N)=S)c(F)c1)C1CC1. The van der Waals surface area contributed by atoms with Crippen molar-refractivity contribution in [2.24, 2.45) is 11.7 Å². The molecule has 1 aromatic carbocycles. The Hall–Kier alpha value is -1.16. The van der Waals surface area contributed by atoms with Gasteiger partial charge in [-0.2, -0.15) is 0 Å². The van der Waals surface area contributed by atoms with Crippen molar-refractivity contribution >= 4 is 22.9 Å². The Morgan fingerprint density at radius 3 is 2.75 bits per heavy atom. The lowest BCUT2D eigenvalue weighted by Gasteiger charge is -2.14. The first kappa shape index (κ1) is 11.3. The van der Waals surface area contributed by atoms with E-state index in [0.29, 0.717) is 11.6 Å². The number of benzene rings is 1. The van der Waals surface area contributed by atoms with Gasteiger partial charge in [0.2, 0.25) is 0 Å². The van der Waals surface area contributed by atoms with Gasteiger partial charge in [-0.15, -0.1) is 0 Å². The van der Waals surface area contributed by atoms with E-state index >= 15 is 0 Å². The molecule has 0 radical (unpaired) electrons. The smallest absolute Gasteiger partial charge is 0.135 e. The molecule has 0 spiro atoms. The largest absolute Gasteiger partial charge is 0.389 e. The van der Waals surface area contributed by atoms with Crippen LogP contribution in [0.1, 0.15) is 25.3 Å². The zero-order valence-electron chi connectivity index (χ0n) is 9.16. The Kier molecular flexibility index (Phi) is 3.10. The molecule has 3 N–H and O–H groups in total. The second-order valence-electron chi connectivity index (χ2n) is 4.33. The summed E-state index contributed by atoms with van der Waals surface area (Å²) in [6.45, 7) is 2.12. The molecule has 2 nitrogen and oxygen atoms in total. The molecule has 1 atom stereocenters. The fourth-order valence-corrected chi connectivity index (χ4v) is 1.95. The van der Waals surface area contributed by atoms with Crippen LogP contribution in [0.3, 0.4) is 0 Å². The zero-order valence-corrected chi connectivity index (χ0v) is 9.98. The van der Waals surface area contributed by atoms with Crippen molar-refractivity contribution in [2.45, 2.75) is 25.8 Å². The second-order valence-corrected chi connectivity index (χ2v) is 4.77. The summed E-state index contributed by atoms with van der Waals surface area (Å²) in [6, 6.07) is 5.29. The van der Waals surface area contributed by atoms with Gasteiger partial charge in [-0.05, 0) is 43.9 Å². The molecule has 2 rings (SSSR count). The van der Waals surface area contributed by atoms with Crippen LogP contribution in [0, 0.1) is 11.7 Å². The standard InChI is InChI=1S/C12H15FN2S/c1-7(8-2-3-8)15-9-4-5-10(12(14)16)11(13)6-9/h4-8,15H,2-3H2,1H3,(H2,14,16). The first-order valence-electron chi connectivity index (χ1n) is 5.44. The van der Waals surface area contributed by atoms with Crippen LogP contribution in [0.2, 0.25) is 0 Å². The van der Waals surface area contributed by atoms with Crippen LogP contribution in [0.25, 0.3) is 0 Å². The lowest BCUT2D eigenvalue weighted by molar-refractivity contribution is 0.624. The number of rotatable bonds is 4. The molecule has 0 aromatic heterocycles. The van der Waals surface area contributed by atoms with E-state index in [-0.39, 0.29) is 10.8 Å². The molecule has 0 aliphatic heterocycles. The van der Waals surface area contributed by atoms with E-state index in [1.54, 1.807) is 6.07 Å². The highest BCUT2D eigenvalue weighted by molar-refractivity contribution is 7.80. The Balaban J connectivity index is 2.10.